The molecule has 72 valence electrons. The van der Waals surface area contributed by atoms with Crippen molar-refractivity contribution in [2.75, 3.05) is 0 Å². The zero-order chi connectivity index (χ0) is 9.68. The summed E-state index contributed by atoms with van der Waals surface area (Å²) < 4.78 is 0. The van der Waals surface area contributed by atoms with Crippen LogP contribution >= 0.6 is 0 Å². The van der Waals surface area contributed by atoms with E-state index in [2.05, 4.69) is 17.1 Å². The lowest BCUT2D eigenvalue weighted by Crippen LogP contribution is -2.14. The molecule has 2 N–H and O–H groups in total. The summed E-state index contributed by atoms with van der Waals surface area (Å²) in [6, 6.07) is 4.52. The van der Waals surface area contributed by atoms with Gasteiger partial charge in [-0.15, -0.1) is 0 Å². The molecule has 2 nitrogen and oxygen atoms in total. The first-order valence-corrected chi connectivity index (χ1v) is 4.85. The number of hydrogen-bond donors (Lipinski definition) is 1. The van der Waals surface area contributed by atoms with Crippen molar-refractivity contribution in [2.24, 2.45) is 5.73 Å². The highest BCUT2D eigenvalue weighted by atomic mass is 14.7. The Morgan fingerprint density at radius 1 is 1.46 bits per heavy atom. The van der Waals surface area contributed by atoms with Crippen LogP contribution in [-0.2, 0) is 6.42 Å². The Kier molecular flexibility index (Phi) is 3.90. The molecule has 13 heavy (non-hydrogen) atoms. The van der Waals surface area contributed by atoms with Crippen LogP contribution in [0.2, 0.25) is 0 Å². The molecule has 0 aromatic carbocycles. The lowest BCUT2D eigenvalue weighted by atomic mass is 10.1. The minimum atomic E-state index is 0.318. The third-order valence-corrected chi connectivity index (χ3v) is 2.10. The molecule has 0 amide bonds. The van der Waals surface area contributed by atoms with E-state index in [9.17, 15) is 0 Å². The summed E-state index contributed by atoms with van der Waals surface area (Å²) in [5, 5.41) is 0. The summed E-state index contributed by atoms with van der Waals surface area (Å²) in [6.45, 7) is 4.05. The zero-order valence-corrected chi connectivity index (χ0v) is 8.46. The Bertz CT molecular complexity index is 239. The van der Waals surface area contributed by atoms with Crippen molar-refractivity contribution < 1.29 is 0 Å². The summed E-state index contributed by atoms with van der Waals surface area (Å²) in [5.41, 5.74) is 8.06. The van der Waals surface area contributed by atoms with E-state index in [1.165, 1.54) is 5.56 Å². The maximum Gasteiger partial charge on any atom is 0.0372 e. The van der Waals surface area contributed by atoms with Gasteiger partial charge < -0.3 is 5.73 Å². The van der Waals surface area contributed by atoms with Crippen LogP contribution in [0.25, 0.3) is 0 Å². The maximum absolute atomic E-state index is 5.67. The van der Waals surface area contributed by atoms with Crippen LogP contribution in [0.5, 0.6) is 0 Å². The van der Waals surface area contributed by atoms with E-state index < -0.39 is 0 Å². The van der Waals surface area contributed by atoms with Gasteiger partial charge in [0.2, 0.25) is 0 Å². The predicted molar refractivity (Wildman–Crippen MR) is 55.6 cm³/mol. The molecular formula is C11H18N2. The Labute approximate surface area is 80.2 Å². The molecule has 1 aromatic rings. The number of nitrogens with zero attached hydrogens (tertiary/aromatic N) is 1. The smallest absolute Gasteiger partial charge is 0.0372 e. The third-order valence-electron chi connectivity index (χ3n) is 2.10. The van der Waals surface area contributed by atoms with Crippen molar-refractivity contribution in [1.29, 1.82) is 0 Å². The highest BCUT2D eigenvalue weighted by Gasteiger charge is 1.96. The molecule has 0 aliphatic rings. The fourth-order valence-corrected chi connectivity index (χ4v) is 1.27. The van der Waals surface area contributed by atoms with E-state index in [0.717, 1.165) is 25.0 Å². The minimum absolute atomic E-state index is 0.318. The monoisotopic (exact) mass is 178 g/mol. The molecule has 0 fully saturated rings. The fraction of sp³-hybridized carbons (Fsp3) is 0.545. The van der Waals surface area contributed by atoms with E-state index in [0.29, 0.717) is 6.04 Å². The van der Waals surface area contributed by atoms with Crippen molar-refractivity contribution in [1.82, 2.24) is 4.98 Å². The maximum atomic E-state index is 5.67. The van der Waals surface area contributed by atoms with Crippen LogP contribution < -0.4 is 5.73 Å². The second-order valence-electron chi connectivity index (χ2n) is 3.68. The summed E-state index contributed by atoms with van der Waals surface area (Å²) in [4.78, 5) is 4.25. The fourth-order valence-electron chi connectivity index (χ4n) is 1.27. The zero-order valence-electron chi connectivity index (χ0n) is 8.46. The third kappa shape index (κ3) is 4.04. The van der Waals surface area contributed by atoms with Crippen LogP contribution in [0.4, 0.5) is 0 Å². The summed E-state index contributed by atoms with van der Waals surface area (Å²) in [7, 11) is 0. The molecule has 1 heterocycles. The molecule has 1 rings (SSSR count). The average Bonchev–Trinajstić information content (AvgIpc) is 2.08. The van der Waals surface area contributed by atoms with Gasteiger partial charge in [-0.05, 0) is 44.7 Å². The Morgan fingerprint density at radius 3 is 2.77 bits per heavy atom. The average molecular weight is 178 g/mol. The molecule has 0 unspecified atom stereocenters. The number of aromatic nitrogens is 1. The predicted octanol–water partition coefficient (Wildman–Crippen LogP) is 2.06. The van der Waals surface area contributed by atoms with Crippen molar-refractivity contribution in [3.8, 4) is 0 Å². The van der Waals surface area contributed by atoms with Crippen molar-refractivity contribution in [3.63, 3.8) is 0 Å². The second-order valence-corrected chi connectivity index (χ2v) is 3.68. The van der Waals surface area contributed by atoms with Crippen LogP contribution in [0.3, 0.4) is 0 Å². The number of pyridine rings is 1. The lowest BCUT2D eigenvalue weighted by molar-refractivity contribution is 0.623. The van der Waals surface area contributed by atoms with Gasteiger partial charge in [-0.3, -0.25) is 4.98 Å². The number of rotatable bonds is 4. The van der Waals surface area contributed by atoms with Gasteiger partial charge in [-0.25, -0.2) is 0 Å². The topological polar surface area (TPSA) is 38.9 Å². The van der Waals surface area contributed by atoms with Gasteiger partial charge in [-0.1, -0.05) is 6.07 Å². The second kappa shape index (κ2) is 4.97. The number of aryl methyl sites for hydroxylation is 2. The molecule has 0 saturated heterocycles. The van der Waals surface area contributed by atoms with Crippen molar-refractivity contribution in [3.05, 3.63) is 29.6 Å². The molecule has 0 radical (unpaired) electrons. The highest BCUT2D eigenvalue weighted by Crippen LogP contribution is 2.05. The van der Waals surface area contributed by atoms with Gasteiger partial charge in [0, 0.05) is 17.9 Å². The minimum Gasteiger partial charge on any atom is -0.328 e. The normalized spacial score (nSPS) is 12.8. The quantitative estimate of drug-likeness (QED) is 0.766. The SMILES string of the molecule is Cc1ccc(CCC[C@H](C)N)cn1. The first kappa shape index (κ1) is 10.2. The summed E-state index contributed by atoms with van der Waals surface area (Å²) in [6.07, 6.45) is 5.29. The van der Waals surface area contributed by atoms with Gasteiger partial charge in [0.05, 0.1) is 0 Å². The van der Waals surface area contributed by atoms with Gasteiger partial charge >= 0.3 is 0 Å². The molecule has 2 heteroatoms. The standard InChI is InChI=1S/C11H18N2/c1-9(12)4-3-5-11-7-6-10(2)13-8-11/h6-9H,3-5,12H2,1-2H3/t9-/m0/s1. The molecule has 0 spiro atoms. The molecular weight excluding hydrogens is 160 g/mol. The van der Waals surface area contributed by atoms with E-state index in [1.54, 1.807) is 0 Å². The first-order chi connectivity index (χ1) is 6.18. The molecule has 0 saturated carbocycles. The van der Waals surface area contributed by atoms with Gasteiger partial charge in [0.15, 0.2) is 0 Å². The number of nitrogens with two attached hydrogens (primary N) is 1. The summed E-state index contributed by atoms with van der Waals surface area (Å²) >= 11 is 0. The van der Waals surface area contributed by atoms with Gasteiger partial charge in [0.1, 0.15) is 0 Å². The molecule has 1 atom stereocenters. The lowest BCUT2D eigenvalue weighted by Gasteiger charge is -2.04. The number of hydrogen-bond acceptors (Lipinski definition) is 2. The van der Waals surface area contributed by atoms with E-state index in [-0.39, 0.29) is 0 Å². The first-order valence-electron chi connectivity index (χ1n) is 4.85. The molecule has 1 aromatic heterocycles. The van der Waals surface area contributed by atoms with E-state index in [1.807, 2.05) is 20.0 Å². The molecule has 0 bridgehead atoms. The van der Waals surface area contributed by atoms with Crippen LogP contribution in [0.1, 0.15) is 31.0 Å². The van der Waals surface area contributed by atoms with E-state index >= 15 is 0 Å². The largest absolute Gasteiger partial charge is 0.328 e. The van der Waals surface area contributed by atoms with Crippen molar-refractivity contribution >= 4 is 0 Å². The van der Waals surface area contributed by atoms with Gasteiger partial charge in [-0.2, -0.15) is 0 Å². The highest BCUT2D eigenvalue weighted by molar-refractivity contribution is 5.12. The van der Waals surface area contributed by atoms with Crippen LogP contribution in [-0.4, -0.2) is 11.0 Å². The van der Waals surface area contributed by atoms with Crippen molar-refractivity contribution in [2.45, 2.75) is 39.2 Å². The Hall–Kier alpha value is -0.890. The summed E-state index contributed by atoms with van der Waals surface area (Å²) in [5.74, 6) is 0. The van der Waals surface area contributed by atoms with Crippen LogP contribution in [0, 0.1) is 6.92 Å². The molecule has 0 aliphatic heterocycles. The Morgan fingerprint density at radius 2 is 2.23 bits per heavy atom. The molecule has 0 aliphatic carbocycles. The van der Waals surface area contributed by atoms with Crippen LogP contribution in [0.15, 0.2) is 18.3 Å². The Balaban J connectivity index is 2.33. The van der Waals surface area contributed by atoms with E-state index in [4.69, 9.17) is 5.73 Å². The van der Waals surface area contributed by atoms with Gasteiger partial charge in [0.25, 0.3) is 0 Å².